The smallest absolute Gasteiger partial charge is 0.333 e. The van der Waals surface area contributed by atoms with Crippen molar-refractivity contribution in [1.29, 1.82) is 0 Å². The SMILES string of the molecule is O=C(Cc1ccc(F)cc1)NNC(=O)NCCCn1cnc2ccccc21. The van der Waals surface area contributed by atoms with E-state index in [1.54, 1.807) is 6.33 Å². The van der Waals surface area contributed by atoms with Crippen LogP contribution >= 0.6 is 0 Å². The van der Waals surface area contributed by atoms with E-state index < -0.39 is 6.03 Å². The molecule has 0 radical (unpaired) electrons. The number of amides is 3. The van der Waals surface area contributed by atoms with E-state index in [1.165, 1.54) is 24.3 Å². The Balaban J connectivity index is 1.33. The second-order valence-corrected chi connectivity index (χ2v) is 6.01. The van der Waals surface area contributed by atoms with Crippen molar-refractivity contribution in [3.05, 3.63) is 66.2 Å². The standard InChI is InChI=1S/C19H20FN5O2/c20-15-8-6-14(7-9-15)12-18(26)23-24-19(27)21-10-3-11-25-13-22-16-4-1-2-5-17(16)25/h1-2,4-9,13H,3,10-12H2,(H,23,26)(H2,21,24,27). The van der Waals surface area contributed by atoms with Crippen LogP contribution in [0.4, 0.5) is 9.18 Å². The van der Waals surface area contributed by atoms with Gasteiger partial charge in [-0.25, -0.2) is 19.6 Å². The summed E-state index contributed by atoms with van der Waals surface area (Å²) in [6, 6.07) is 13.0. The van der Waals surface area contributed by atoms with Crippen LogP contribution in [0.5, 0.6) is 0 Å². The van der Waals surface area contributed by atoms with Gasteiger partial charge in [-0.2, -0.15) is 0 Å². The van der Waals surface area contributed by atoms with Crippen LogP contribution in [-0.4, -0.2) is 28.0 Å². The Bertz CT molecular complexity index is 923. The fourth-order valence-electron chi connectivity index (χ4n) is 2.64. The van der Waals surface area contributed by atoms with Gasteiger partial charge in [-0.05, 0) is 36.2 Å². The summed E-state index contributed by atoms with van der Waals surface area (Å²) in [4.78, 5) is 27.8. The van der Waals surface area contributed by atoms with Crippen LogP contribution in [0.15, 0.2) is 54.9 Å². The van der Waals surface area contributed by atoms with Crippen LogP contribution in [0.1, 0.15) is 12.0 Å². The number of halogens is 1. The number of imidazole rings is 1. The van der Waals surface area contributed by atoms with Crippen molar-refractivity contribution < 1.29 is 14.0 Å². The summed E-state index contributed by atoms with van der Waals surface area (Å²) < 4.78 is 14.8. The molecule has 8 heteroatoms. The van der Waals surface area contributed by atoms with E-state index >= 15 is 0 Å². The number of benzene rings is 2. The number of carbonyl (C=O) groups excluding carboxylic acids is 2. The van der Waals surface area contributed by atoms with Gasteiger partial charge in [0.15, 0.2) is 0 Å². The number of hydrogen-bond donors (Lipinski definition) is 3. The van der Waals surface area contributed by atoms with Crippen molar-refractivity contribution in [3.8, 4) is 0 Å². The molecule has 2 aromatic carbocycles. The van der Waals surface area contributed by atoms with Crippen LogP contribution in [0.3, 0.4) is 0 Å². The minimum Gasteiger partial charge on any atom is -0.337 e. The van der Waals surface area contributed by atoms with Crippen molar-refractivity contribution in [2.24, 2.45) is 0 Å². The molecule has 0 unspecified atom stereocenters. The Kier molecular flexibility index (Phi) is 5.98. The van der Waals surface area contributed by atoms with Gasteiger partial charge in [-0.15, -0.1) is 0 Å². The molecule has 3 rings (SSSR count). The molecule has 0 aliphatic heterocycles. The van der Waals surface area contributed by atoms with E-state index in [-0.39, 0.29) is 18.1 Å². The molecular weight excluding hydrogens is 349 g/mol. The second-order valence-electron chi connectivity index (χ2n) is 6.01. The number of urea groups is 1. The summed E-state index contributed by atoms with van der Waals surface area (Å²) in [7, 11) is 0. The van der Waals surface area contributed by atoms with Gasteiger partial charge >= 0.3 is 6.03 Å². The summed E-state index contributed by atoms with van der Waals surface area (Å²) in [6.45, 7) is 1.17. The van der Waals surface area contributed by atoms with Crippen LogP contribution in [0.25, 0.3) is 11.0 Å². The first-order valence-corrected chi connectivity index (χ1v) is 8.59. The highest BCUT2D eigenvalue weighted by Crippen LogP contribution is 2.11. The number of aryl methyl sites for hydroxylation is 1. The number of hydrazine groups is 1. The first-order valence-electron chi connectivity index (χ1n) is 8.59. The predicted octanol–water partition coefficient (Wildman–Crippen LogP) is 2.14. The molecule has 3 amide bonds. The van der Waals surface area contributed by atoms with Crippen molar-refractivity contribution in [1.82, 2.24) is 25.7 Å². The minimum absolute atomic E-state index is 0.0499. The summed E-state index contributed by atoms with van der Waals surface area (Å²) >= 11 is 0. The Hall–Kier alpha value is -3.42. The maximum Gasteiger partial charge on any atom is 0.333 e. The molecule has 27 heavy (non-hydrogen) atoms. The zero-order valence-corrected chi connectivity index (χ0v) is 14.6. The van der Waals surface area contributed by atoms with Crippen molar-refractivity contribution in [2.45, 2.75) is 19.4 Å². The zero-order valence-electron chi connectivity index (χ0n) is 14.6. The zero-order chi connectivity index (χ0) is 19.1. The fraction of sp³-hybridized carbons (Fsp3) is 0.211. The summed E-state index contributed by atoms with van der Waals surface area (Å²) in [5, 5.41) is 2.67. The molecule has 0 fully saturated rings. The molecular formula is C19H20FN5O2. The molecule has 3 N–H and O–H groups in total. The number of nitrogens with zero attached hydrogens (tertiary/aromatic N) is 2. The third-order valence-corrected chi connectivity index (χ3v) is 3.98. The molecule has 7 nitrogen and oxygen atoms in total. The van der Waals surface area contributed by atoms with Crippen LogP contribution in [-0.2, 0) is 17.8 Å². The largest absolute Gasteiger partial charge is 0.337 e. The predicted molar refractivity (Wildman–Crippen MR) is 99.1 cm³/mol. The van der Waals surface area contributed by atoms with Gasteiger partial charge in [-0.3, -0.25) is 10.2 Å². The molecule has 3 aromatic rings. The van der Waals surface area contributed by atoms with Crippen molar-refractivity contribution in [3.63, 3.8) is 0 Å². The minimum atomic E-state index is -0.488. The van der Waals surface area contributed by atoms with E-state index in [0.717, 1.165) is 24.0 Å². The van der Waals surface area contributed by atoms with Gasteiger partial charge in [0.05, 0.1) is 23.8 Å². The number of carbonyl (C=O) groups is 2. The lowest BCUT2D eigenvalue weighted by Crippen LogP contribution is -2.47. The highest BCUT2D eigenvalue weighted by Gasteiger charge is 2.06. The third-order valence-electron chi connectivity index (χ3n) is 3.98. The third kappa shape index (κ3) is 5.27. The maximum absolute atomic E-state index is 12.8. The molecule has 0 saturated heterocycles. The Morgan fingerprint density at radius 2 is 1.81 bits per heavy atom. The molecule has 1 heterocycles. The fourth-order valence-corrected chi connectivity index (χ4v) is 2.64. The van der Waals surface area contributed by atoms with E-state index in [1.807, 2.05) is 28.8 Å². The van der Waals surface area contributed by atoms with Crippen molar-refractivity contribution >= 4 is 23.0 Å². The van der Waals surface area contributed by atoms with Crippen LogP contribution < -0.4 is 16.2 Å². The monoisotopic (exact) mass is 369 g/mol. The van der Waals surface area contributed by atoms with E-state index in [4.69, 9.17) is 0 Å². The molecule has 0 spiro atoms. The van der Waals surface area contributed by atoms with Gasteiger partial charge in [0.2, 0.25) is 5.91 Å². The highest BCUT2D eigenvalue weighted by molar-refractivity contribution is 5.82. The average molecular weight is 369 g/mol. The number of rotatable bonds is 6. The first kappa shape index (κ1) is 18.4. The van der Waals surface area contributed by atoms with Crippen LogP contribution in [0.2, 0.25) is 0 Å². The van der Waals surface area contributed by atoms with Gasteiger partial charge < -0.3 is 9.88 Å². The van der Waals surface area contributed by atoms with E-state index in [9.17, 15) is 14.0 Å². The topological polar surface area (TPSA) is 88.0 Å². The molecule has 0 saturated carbocycles. The van der Waals surface area contributed by atoms with E-state index in [2.05, 4.69) is 21.2 Å². The van der Waals surface area contributed by atoms with Gasteiger partial charge in [0.25, 0.3) is 0 Å². The van der Waals surface area contributed by atoms with Gasteiger partial charge in [0.1, 0.15) is 5.82 Å². The highest BCUT2D eigenvalue weighted by atomic mass is 19.1. The number of hydrogen-bond acceptors (Lipinski definition) is 3. The summed E-state index contributed by atoms with van der Waals surface area (Å²) in [5.41, 5.74) is 7.25. The Morgan fingerprint density at radius 1 is 1.04 bits per heavy atom. The molecule has 0 bridgehead atoms. The molecule has 1 aromatic heterocycles. The number of aromatic nitrogens is 2. The normalized spacial score (nSPS) is 10.6. The second kappa shape index (κ2) is 8.79. The lowest BCUT2D eigenvalue weighted by molar-refractivity contribution is -0.121. The van der Waals surface area contributed by atoms with Gasteiger partial charge in [-0.1, -0.05) is 24.3 Å². The lowest BCUT2D eigenvalue weighted by atomic mass is 10.1. The van der Waals surface area contributed by atoms with E-state index in [0.29, 0.717) is 12.1 Å². The molecule has 0 aliphatic rings. The molecule has 0 atom stereocenters. The average Bonchev–Trinajstić information content (AvgIpc) is 3.09. The molecule has 140 valence electrons. The summed E-state index contributed by atoms with van der Waals surface area (Å²) in [6.07, 6.45) is 2.55. The number of para-hydroxylation sites is 2. The van der Waals surface area contributed by atoms with Gasteiger partial charge in [0, 0.05) is 13.1 Å². The maximum atomic E-state index is 12.8. The Morgan fingerprint density at radius 3 is 2.63 bits per heavy atom. The Labute approximate surface area is 155 Å². The lowest BCUT2D eigenvalue weighted by Gasteiger charge is -2.09. The summed E-state index contributed by atoms with van der Waals surface area (Å²) in [5.74, 6) is -0.748. The van der Waals surface area contributed by atoms with Crippen molar-refractivity contribution in [2.75, 3.05) is 6.54 Å². The first-order chi connectivity index (χ1) is 13.1. The number of nitrogens with one attached hydrogen (secondary N) is 3. The van der Waals surface area contributed by atoms with Crippen LogP contribution in [0, 0.1) is 5.82 Å². The quantitative estimate of drug-likeness (QED) is 0.459. The molecule has 0 aliphatic carbocycles. The number of fused-ring (bicyclic) bond motifs is 1.